The van der Waals surface area contributed by atoms with Crippen LogP contribution in [0.5, 0.6) is 0 Å². The van der Waals surface area contributed by atoms with Crippen molar-refractivity contribution in [1.82, 2.24) is 84.7 Å². The molecule has 0 saturated carbocycles. The Bertz CT molecular complexity index is 5960. The van der Waals surface area contributed by atoms with Crippen molar-refractivity contribution >= 4 is 0 Å². The number of hydrogen-bond donors (Lipinski definition) is 0. The molecular weight excluding hydrogens is 2290 g/mol. The molecule has 8 aromatic carbocycles. The van der Waals surface area contributed by atoms with Crippen molar-refractivity contribution in [2.45, 2.75) is 27.7 Å². The number of nitrogens with zero attached hydrogens (tertiary/aromatic N) is 17. The van der Waals surface area contributed by atoms with Crippen LogP contribution in [0.25, 0.3) is 135 Å². The fourth-order valence-corrected chi connectivity index (χ4v) is 11.8. The van der Waals surface area contributed by atoms with Crippen LogP contribution in [0.4, 0.5) is 0 Å². The minimum atomic E-state index is 0. The van der Waals surface area contributed by atoms with E-state index in [9.17, 15) is 0 Å². The molecule has 0 spiro atoms. The molecule has 0 aliphatic rings. The third kappa shape index (κ3) is 31.2. The molecule has 0 saturated heterocycles. The normalized spacial score (nSPS) is 9.78. The van der Waals surface area contributed by atoms with Gasteiger partial charge in [-0.15, -0.1) is 287 Å². The van der Waals surface area contributed by atoms with Gasteiger partial charge < -0.3 is 39.9 Å². The van der Waals surface area contributed by atoms with Crippen LogP contribution < -0.4 is 0 Å². The molecule has 21 heteroatoms. The van der Waals surface area contributed by atoms with E-state index in [4.69, 9.17) is 0 Å². The minimum Gasteiger partial charge on any atom is -0.305 e. The fraction of sp³-hybridized carbons (Fsp3) is 0.0374. The number of pyridine rings is 8. The summed E-state index contributed by atoms with van der Waals surface area (Å²) in [5.41, 5.74) is 21.3. The van der Waals surface area contributed by atoms with Gasteiger partial charge in [0.1, 0.15) is 23.3 Å². The van der Waals surface area contributed by atoms with Crippen molar-refractivity contribution in [2.24, 2.45) is 0 Å². The molecule has 0 aliphatic carbocycles. The van der Waals surface area contributed by atoms with Crippen LogP contribution in [0.2, 0.25) is 0 Å². The first kappa shape index (κ1) is 97.6. The standard InChI is InChI=1S/C16H13N4.2C16H12N3.C15H10N3.4C11H8N.4Ir/c1-11-18-12(2)20-16(19-11)14-8-9-17-15(10-14)13-6-4-3-5-7-13;1-12-17-10-8-15(19-12)14-7-9-18-16(11-14)13-5-3-2-4-6-13;1-12-18-10-15(11-19-12)14-7-8-17-16(9-14)13-5-3-2-4-6-13;1-2-5-12(6-3-1)14-11-13(7-10-16-14)15-17-8-4-9-18-15;4*1-2-6-10(7-3-1)11-8-4-5-9-12-11;;;;/h3-6,8-10H,1-2H3;2*2-5,7-11H,1H3;1-5,7-11H;4*1-6,8-9H;;;;/q8*-1;;;;. The van der Waals surface area contributed by atoms with E-state index in [0.717, 1.165) is 147 Å². The van der Waals surface area contributed by atoms with Gasteiger partial charge in [-0.3, -0.25) is 0 Å². The third-order valence-corrected chi connectivity index (χ3v) is 17.7. The van der Waals surface area contributed by atoms with Gasteiger partial charge >= 0.3 is 0 Å². The van der Waals surface area contributed by atoms with Crippen molar-refractivity contribution in [1.29, 1.82) is 0 Å². The second kappa shape index (κ2) is 53.9. The van der Waals surface area contributed by atoms with E-state index in [1.54, 1.807) is 74.2 Å². The Morgan fingerprint density at radius 2 is 0.430 bits per heavy atom. The molecule has 20 rings (SSSR count). The number of hydrogen-bond acceptors (Lipinski definition) is 17. The molecule has 0 atom stereocenters. The Morgan fingerprint density at radius 3 is 0.734 bits per heavy atom. The summed E-state index contributed by atoms with van der Waals surface area (Å²) in [4.78, 5) is 72.8. The van der Waals surface area contributed by atoms with Crippen LogP contribution in [0.3, 0.4) is 0 Å². The van der Waals surface area contributed by atoms with Gasteiger partial charge in [0.25, 0.3) is 0 Å². The first-order valence-corrected chi connectivity index (χ1v) is 39.5. The van der Waals surface area contributed by atoms with Crippen LogP contribution in [0.15, 0.2) is 408 Å². The van der Waals surface area contributed by atoms with Crippen LogP contribution in [0.1, 0.15) is 23.3 Å². The fourth-order valence-electron chi connectivity index (χ4n) is 11.8. The molecular formula is C107H79Ir4N17-8. The molecule has 128 heavy (non-hydrogen) atoms. The van der Waals surface area contributed by atoms with E-state index in [0.29, 0.717) is 11.6 Å². The number of aromatic nitrogens is 17. The molecule has 0 unspecified atom stereocenters. The van der Waals surface area contributed by atoms with Crippen molar-refractivity contribution in [2.75, 3.05) is 0 Å². The summed E-state index contributed by atoms with van der Waals surface area (Å²) in [6.45, 7) is 7.49. The van der Waals surface area contributed by atoms with Gasteiger partial charge in [-0.05, 0) is 145 Å². The first-order chi connectivity index (χ1) is 61.2. The molecule has 636 valence electrons. The molecule has 0 fully saturated rings. The zero-order valence-corrected chi connectivity index (χ0v) is 79.2. The number of aryl methyl sites for hydroxylation is 4. The van der Waals surface area contributed by atoms with Gasteiger partial charge in [-0.1, -0.05) is 72.8 Å². The van der Waals surface area contributed by atoms with Crippen molar-refractivity contribution in [3.8, 4) is 135 Å². The Labute approximate surface area is 801 Å². The first-order valence-electron chi connectivity index (χ1n) is 39.5. The monoisotopic (exact) mass is 2370 g/mol. The van der Waals surface area contributed by atoms with E-state index < -0.39 is 0 Å². The Balaban J connectivity index is 0.000000166. The molecule has 0 bridgehead atoms. The summed E-state index contributed by atoms with van der Waals surface area (Å²) in [5.74, 6) is 4.36. The topological polar surface area (TPSA) is 219 Å². The van der Waals surface area contributed by atoms with Gasteiger partial charge in [0.2, 0.25) is 0 Å². The van der Waals surface area contributed by atoms with E-state index in [2.05, 4.69) is 133 Å². The summed E-state index contributed by atoms with van der Waals surface area (Å²) in [6, 6.07) is 131. The Hall–Kier alpha value is -14.2. The van der Waals surface area contributed by atoms with E-state index in [-0.39, 0.29) is 80.4 Å². The molecule has 0 amide bonds. The smallest absolute Gasteiger partial charge is 0.162 e. The summed E-state index contributed by atoms with van der Waals surface area (Å²) < 4.78 is 0. The van der Waals surface area contributed by atoms with Gasteiger partial charge in [-0.25, -0.2) is 44.9 Å². The van der Waals surface area contributed by atoms with E-state index in [1.165, 1.54) is 0 Å². The van der Waals surface area contributed by atoms with Gasteiger partial charge in [0.15, 0.2) is 11.6 Å². The average molecular weight is 2370 g/mol. The van der Waals surface area contributed by atoms with Crippen molar-refractivity contribution in [3.05, 3.63) is 480 Å². The third-order valence-electron chi connectivity index (χ3n) is 17.7. The quantitative estimate of drug-likeness (QED) is 0.104. The second-order valence-electron chi connectivity index (χ2n) is 26.6. The molecule has 12 aromatic heterocycles. The maximum atomic E-state index is 4.43. The van der Waals surface area contributed by atoms with E-state index in [1.807, 2.05) is 362 Å². The number of rotatable bonds is 12. The van der Waals surface area contributed by atoms with Crippen LogP contribution in [-0.4, -0.2) is 84.7 Å². The van der Waals surface area contributed by atoms with Crippen molar-refractivity contribution < 1.29 is 80.4 Å². The summed E-state index contributed by atoms with van der Waals surface area (Å²) >= 11 is 0. The zero-order valence-electron chi connectivity index (χ0n) is 69.6. The van der Waals surface area contributed by atoms with Crippen LogP contribution >= 0.6 is 0 Å². The maximum absolute atomic E-state index is 4.43. The molecule has 4 radical (unpaired) electrons. The summed E-state index contributed by atoms with van der Waals surface area (Å²) in [7, 11) is 0. The largest absolute Gasteiger partial charge is 0.305 e. The Morgan fingerprint density at radius 1 is 0.164 bits per heavy atom. The SMILES string of the molecule is Cc1nc(C)nc(-c2ccnc(-c3[c-]cccc3)c2)n1.Cc1ncc(-c2ccnc(-c3[c-]cccc3)c2)cn1.Cc1nccc(-c2ccnc(-c3[c-]cccc3)c2)n1.[Ir].[Ir].[Ir].[Ir].[c-]1ccccc1-c1cc(-c2ncccn2)ccn1.[c-]1ccccc1-c1ccccn1.[c-]1ccccc1-c1ccccn1.[c-]1ccccc1-c1ccccn1.[c-]1ccccc1-c1ccccn1. The van der Waals surface area contributed by atoms with E-state index >= 15 is 0 Å². The van der Waals surface area contributed by atoms with Gasteiger partial charge in [0, 0.05) is 178 Å². The van der Waals surface area contributed by atoms with Crippen molar-refractivity contribution in [3.63, 3.8) is 0 Å². The Kier molecular flexibility index (Phi) is 41.1. The second-order valence-corrected chi connectivity index (χ2v) is 26.6. The van der Waals surface area contributed by atoms with Crippen LogP contribution in [-0.2, 0) is 80.4 Å². The molecule has 20 aromatic rings. The van der Waals surface area contributed by atoms with Crippen LogP contribution in [0, 0.1) is 76.2 Å². The molecule has 0 N–H and O–H groups in total. The zero-order chi connectivity index (χ0) is 85.2. The average Bonchev–Trinajstić information content (AvgIpc) is 0.829. The van der Waals surface area contributed by atoms with Gasteiger partial charge in [0.05, 0.1) is 5.69 Å². The minimum absolute atomic E-state index is 0. The predicted octanol–water partition coefficient (Wildman–Crippen LogP) is 22.8. The maximum Gasteiger partial charge on any atom is 0.162 e. The predicted molar refractivity (Wildman–Crippen MR) is 489 cm³/mol. The molecule has 0 aliphatic heterocycles. The molecule has 12 heterocycles. The summed E-state index contributed by atoms with van der Waals surface area (Å²) in [6.07, 6.45) is 23.2. The van der Waals surface area contributed by atoms with Gasteiger partial charge in [-0.2, -0.15) is 0 Å². The molecule has 17 nitrogen and oxygen atoms in total. The number of benzene rings is 8. The summed E-state index contributed by atoms with van der Waals surface area (Å²) in [5, 5.41) is 0.